The van der Waals surface area contributed by atoms with Crippen LogP contribution in [0.4, 0.5) is 0 Å². The van der Waals surface area contributed by atoms with E-state index in [0.29, 0.717) is 31.3 Å². The van der Waals surface area contributed by atoms with Gasteiger partial charge in [0.25, 0.3) is 0 Å². The average Bonchev–Trinajstić information content (AvgIpc) is 3.46. The normalized spacial score (nSPS) is 19.4. The molecule has 1 atom stereocenters. The molecule has 3 heteroatoms. The molecule has 0 bridgehead atoms. The van der Waals surface area contributed by atoms with E-state index >= 15 is 0 Å². The van der Waals surface area contributed by atoms with Gasteiger partial charge in [-0.2, -0.15) is 0 Å². The molecule has 0 amide bonds. The number of hydrogen-bond donors (Lipinski definition) is 0. The van der Waals surface area contributed by atoms with Gasteiger partial charge in [-0.15, -0.1) is 6.58 Å². The van der Waals surface area contributed by atoms with E-state index in [0.717, 1.165) is 45.4 Å². The number of allylic oxidation sites excluding steroid dienone is 12. The van der Waals surface area contributed by atoms with Gasteiger partial charge in [-0.25, -0.2) is 0 Å². The lowest BCUT2D eigenvalue weighted by atomic mass is 9.83. The highest BCUT2D eigenvalue weighted by atomic mass is 16.2. The molecule has 1 aromatic rings. The fraction of sp³-hybridized carbons (Fsp3) is 0.324. The Morgan fingerprint density at radius 2 is 1.97 bits per heavy atom. The molecule has 194 valence electrons. The van der Waals surface area contributed by atoms with Crippen molar-refractivity contribution in [3.8, 4) is 0 Å². The summed E-state index contributed by atoms with van der Waals surface area (Å²) in [5.74, 6) is -0.335. The Labute approximate surface area is 223 Å². The fourth-order valence-corrected chi connectivity index (χ4v) is 4.71. The number of hydrogen-bond acceptors (Lipinski definition) is 3. The Morgan fingerprint density at radius 3 is 2.65 bits per heavy atom. The molecule has 0 heterocycles. The standard InChI is InChI=1S/C31H30O3.C3H8.H2/c1-20(2)14-25-15-21(3)16-28(31(25)34)29(32)11-7-6-10-23-12-13-26-24(17-23)19-30(33)27(26)18-22-8-4-5-9-22;1-3-2;/h4-6,8,10,12-13,15-18,25H,1,7,9,11,14,19H2,2-3H3;3H2,1-2H3;1H/b10-6+,27-18-;;. The molecule has 0 N–H and O–H groups in total. The quantitative estimate of drug-likeness (QED) is 0.207. The van der Waals surface area contributed by atoms with Crippen LogP contribution in [0.25, 0.3) is 11.6 Å². The summed E-state index contributed by atoms with van der Waals surface area (Å²) in [6.45, 7) is 12.0. The largest absolute Gasteiger partial charge is 0.294 e. The fourth-order valence-electron chi connectivity index (χ4n) is 4.71. The van der Waals surface area contributed by atoms with Gasteiger partial charge >= 0.3 is 0 Å². The van der Waals surface area contributed by atoms with Crippen LogP contribution in [0.1, 0.15) is 77.9 Å². The molecule has 0 fully saturated rings. The van der Waals surface area contributed by atoms with Crippen molar-refractivity contribution in [3.63, 3.8) is 0 Å². The number of rotatable bonds is 8. The van der Waals surface area contributed by atoms with E-state index in [2.05, 4.69) is 32.6 Å². The van der Waals surface area contributed by atoms with Gasteiger partial charge in [-0.3, -0.25) is 14.4 Å². The van der Waals surface area contributed by atoms with Gasteiger partial charge in [-0.05, 0) is 67.5 Å². The molecule has 0 spiro atoms. The van der Waals surface area contributed by atoms with Crippen LogP contribution >= 0.6 is 0 Å². The van der Waals surface area contributed by atoms with Gasteiger partial charge < -0.3 is 0 Å². The number of ketones is 3. The summed E-state index contributed by atoms with van der Waals surface area (Å²) in [4.78, 5) is 38.0. The number of benzene rings is 1. The van der Waals surface area contributed by atoms with Crippen LogP contribution in [0.2, 0.25) is 0 Å². The smallest absolute Gasteiger partial charge is 0.173 e. The molecule has 0 aliphatic heterocycles. The van der Waals surface area contributed by atoms with Crippen LogP contribution in [0, 0.1) is 5.92 Å². The van der Waals surface area contributed by atoms with Gasteiger partial charge in [0.15, 0.2) is 17.3 Å². The zero-order valence-corrected chi connectivity index (χ0v) is 22.6. The second-order valence-electron chi connectivity index (χ2n) is 10.1. The van der Waals surface area contributed by atoms with Crippen molar-refractivity contribution in [1.29, 1.82) is 0 Å². The van der Waals surface area contributed by atoms with Gasteiger partial charge in [0.1, 0.15) is 0 Å². The van der Waals surface area contributed by atoms with Gasteiger partial charge in [-0.1, -0.05) is 86.1 Å². The third-order valence-electron chi connectivity index (χ3n) is 6.36. The summed E-state index contributed by atoms with van der Waals surface area (Å²) in [6, 6.07) is 6.08. The Balaban J connectivity index is 0.00000121. The zero-order chi connectivity index (χ0) is 26.9. The summed E-state index contributed by atoms with van der Waals surface area (Å²) < 4.78 is 0. The SMILES string of the molecule is C=C(C)CC1C=C(C)C=C(C(=O)CC/C=C/c2ccc3c(c2)CC(=O)/C3=C\C2=CC=CC2)C1=O.CCC.[HH]. The molecule has 1 aromatic carbocycles. The molecular formula is C34H40O3. The minimum atomic E-state index is -0.286. The van der Waals surface area contributed by atoms with E-state index in [1.165, 1.54) is 6.42 Å². The maximum absolute atomic E-state index is 12.7. The highest BCUT2D eigenvalue weighted by Gasteiger charge is 2.28. The molecule has 4 rings (SSSR count). The number of carbonyl (C=O) groups is 3. The van der Waals surface area contributed by atoms with Crippen LogP contribution in [0.3, 0.4) is 0 Å². The minimum Gasteiger partial charge on any atom is -0.294 e. The minimum absolute atomic E-state index is 0. The second kappa shape index (κ2) is 13.1. The van der Waals surface area contributed by atoms with Crippen molar-refractivity contribution < 1.29 is 15.8 Å². The van der Waals surface area contributed by atoms with E-state index in [9.17, 15) is 14.4 Å². The molecule has 3 nitrogen and oxygen atoms in total. The summed E-state index contributed by atoms with van der Waals surface area (Å²) in [5, 5.41) is 0. The topological polar surface area (TPSA) is 51.2 Å². The second-order valence-corrected chi connectivity index (χ2v) is 10.1. The molecule has 3 aliphatic rings. The highest BCUT2D eigenvalue weighted by Crippen LogP contribution is 2.32. The molecule has 37 heavy (non-hydrogen) atoms. The van der Waals surface area contributed by atoms with Gasteiger partial charge in [0, 0.05) is 25.8 Å². The van der Waals surface area contributed by atoms with Crippen LogP contribution < -0.4 is 0 Å². The molecule has 0 radical (unpaired) electrons. The first-order chi connectivity index (χ1) is 17.7. The van der Waals surface area contributed by atoms with Crippen LogP contribution in [0.5, 0.6) is 0 Å². The maximum atomic E-state index is 12.7. The Kier molecular flexibility index (Phi) is 9.91. The van der Waals surface area contributed by atoms with Crippen LogP contribution in [-0.2, 0) is 20.8 Å². The monoisotopic (exact) mass is 496 g/mol. The summed E-state index contributed by atoms with van der Waals surface area (Å²) in [6.07, 6.45) is 19.7. The average molecular weight is 497 g/mol. The molecule has 0 saturated heterocycles. The van der Waals surface area contributed by atoms with Crippen molar-refractivity contribution in [2.24, 2.45) is 5.92 Å². The van der Waals surface area contributed by atoms with E-state index in [4.69, 9.17) is 0 Å². The lowest BCUT2D eigenvalue weighted by molar-refractivity contribution is -0.123. The molecule has 3 aliphatic carbocycles. The van der Waals surface area contributed by atoms with Crippen LogP contribution in [-0.4, -0.2) is 17.3 Å². The Hall–Kier alpha value is -3.59. The van der Waals surface area contributed by atoms with E-state index in [1.807, 2.05) is 62.4 Å². The highest BCUT2D eigenvalue weighted by molar-refractivity contribution is 6.26. The third-order valence-corrected chi connectivity index (χ3v) is 6.36. The number of fused-ring (bicyclic) bond motifs is 1. The van der Waals surface area contributed by atoms with Crippen molar-refractivity contribution >= 4 is 29.0 Å². The summed E-state index contributed by atoms with van der Waals surface area (Å²) in [7, 11) is 0. The third kappa shape index (κ3) is 7.45. The van der Waals surface area contributed by atoms with Crippen molar-refractivity contribution in [3.05, 3.63) is 106 Å². The first kappa shape index (κ1) is 28.0. The number of carbonyl (C=O) groups excluding carboxylic acids is 3. The predicted octanol–water partition coefficient (Wildman–Crippen LogP) is 8.14. The molecular weight excluding hydrogens is 456 g/mol. The molecule has 1 unspecified atom stereocenters. The first-order valence-corrected chi connectivity index (χ1v) is 13.3. The molecule has 0 aromatic heterocycles. The lowest BCUT2D eigenvalue weighted by Gasteiger charge is -2.18. The Bertz CT molecular complexity index is 1280. The molecule has 0 saturated carbocycles. The van der Waals surface area contributed by atoms with Crippen molar-refractivity contribution in [1.82, 2.24) is 0 Å². The Morgan fingerprint density at radius 1 is 1.22 bits per heavy atom. The van der Waals surface area contributed by atoms with E-state index in [1.54, 1.807) is 6.08 Å². The van der Waals surface area contributed by atoms with Gasteiger partial charge in [0.2, 0.25) is 0 Å². The lowest BCUT2D eigenvalue weighted by Crippen LogP contribution is -2.23. The van der Waals surface area contributed by atoms with Crippen molar-refractivity contribution in [2.45, 2.75) is 66.2 Å². The van der Waals surface area contributed by atoms with E-state index < -0.39 is 0 Å². The predicted molar refractivity (Wildman–Crippen MR) is 156 cm³/mol. The summed E-state index contributed by atoms with van der Waals surface area (Å²) in [5.41, 5.74) is 7.22. The van der Waals surface area contributed by atoms with E-state index in [-0.39, 0.29) is 24.7 Å². The zero-order valence-electron chi connectivity index (χ0n) is 22.6. The summed E-state index contributed by atoms with van der Waals surface area (Å²) >= 11 is 0. The van der Waals surface area contributed by atoms with Crippen LogP contribution in [0.15, 0.2) is 89.6 Å². The first-order valence-electron chi connectivity index (χ1n) is 13.3. The number of Topliss-reactive ketones (excluding diaryl/α,β-unsaturated/α-hetero) is 3. The van der Waals surface area contributed by atoms with Gasteiger partial charge in [0.05, 0.1) is 5.57 Å². The maximum Gasteiger partial charge on any atom is 0.173 e. The van der Waals surface area contributed by atoms with Crippen molar-refractivity contribution in [2.75, 3.05) is 0 Å².